The lowest BCUT2D eigenvalue weighted by Crippen LogP contribution is -2.52. The van der Waals surface area contributed by atoms with Gasteiger partial charge in [-0.1, -0.05) is 6.92 Å². The summed E-state index contributed by atoms with van der Waals surface area (Å²) in [5.74, 6) is 0.520. The molecule has 0 radical (unpaired) electrons. The van der Waals surface area contributed by atoms with Crippen LogP contribution in [-0.2, 0) is 0 Å². The monoisotopic (exact) mass is 185 g/mol. The Hall–Kier alpha value is -0.770. The predicted molar refractivity (Wildman–Crippen MR) is 52.4 cm³/mol. The Morgan fingerprint density at radius 2 is 2.31 bits per heavy atom. The molecule has 1 fully saturated rings. The Labute approximate surface area is 79.5 Å². The van der Waals surface area contributed by atoms with Gasteiger partial charge in [-0.05, 0) is 19.3 Å². The maximum Gasteiger partial charge on any atom is 0.317 e. The summed E-state index contributed by atoms with van der Waals surface area (Å²) in [6, 6.07) is 0.163. The topological polar surface area (TPSA) is 58.4 Å². The molecule has 0 spiro atoms. The molecule has 3 N–H and O–H groups in total. The van der Waals surface area contributed by atoms with Gasteiger partial charge in [0.25, 0.3) is 0 Å². The summed E-state index contributed by atoms with van der Waals surface area (Å²) in [6.45, 7) is 6.26. The van der Waals surface area contributed by atoms with Gasteiger partial charge >= 0.3 is 6.03 Å². The fraction of sp³-hybridized carbons (Fsp3) is 0.889. The molecule has 0 aromatic rings. The van der Waals surface area contributed by atoms with Crippen LogP contribution in [0, 0.1) is 5.92 Å². The van der Waals surface area contributed by atoms with E-state index in [-0.39, 0.29) is 12.1 Å². The molecule has 13 heavy (non-hydrogen) atoms. The van der Waals surface area contributed by atoms with Gasteiger partial charge in [-0.3, -0.25) is 0 Å². The first-order valence-corrected chi connectivity index (χ1v) is 4.91. The van der Waals surface area contributed by atoms with Crippen LogP contribution in [0.1, 0.15) is 20.3 Å². The van der Waals surface area contributed by atoms with Crippen LogP contribution >= 0.6 is 0 Å². The van der Waals surface area contributed by atoms with Crippen molar-refractivity contribution in [3.05, 3.63) is 0 Å². The number of nitrogens with one attached hydrogen (secondary N) is 1. The predicted octanol–water partition coefficient (Wildman–Crippen LogP) is 0.385. The molecular formula is C9H19N3O. The van der Waals surface area contributed by atoms with Crippen molar-refractivity contribution >= 4 is 6.03 Å². The summed E-state index contributed by atoms with van der Waals surface area (Å²) in [4.78, 5) is 13.3. The van der Waals surface area contributed by atoms with Gasteiger partial charge in [0.05, 0.1) is 0 Å². The SMILES string of the molecule is CCNC(=O)N1CC(C)CC(N)C1. The normalized spacial score (nSPS) is 28.7. The van der Waals surface area contributed by atoms with Gasteiger partial charge in [-0.2, -0.15) is 0 Å². The van der Waals surface area contributed by atoms with Gasteiger partial charge in [0.2, 0.25) is 0 Å². The van der Waals surface area contributed by atoms with Gasteiger partial charge in [0.15, 0.2) is 0 Å². The van der Waals surface area contributed by atoms with Gasteiger partial charge in [0.1, 0.15) is 0 Å². The zero-order valence-electron chi connectivity index (χ0n) is 8.42. The molecule has 2 atom stereocenters. The molecule has 1 saturated heterocycles. The molecule has 4 nitrogen and oxygen atoms in total. The Balaban J connectivity index is 2.45. The molecule has 2 unspecified atom stereocenters. The van der Waals surface area contributed by atoms with Crippen molar-refractivity contribution in [1.82, 2.24) is 10.2 Å². The minimum absolute atomic E-state index is 0.0181. The van der Waals surface area contributed by atoms with E-state index in [1.54, 1.807) is 0 Å². The molecule has 1 aliphatic heterocycles. The van der Waals surface area contributed by atoms with E-state index in [4.69, 9.17) is 5.73 Å². The first-order chi connectivity index (χ1) is 6.13. The number of rotatable bonds is 1. The summed E-state index contributed by atoms with van der Waals surface area (Å²) in [5.41, 5.74) is 5.83. The number of piperidine rings is 1. The zero-order chi connectivity index (χ0) is 9.84. The van der Waals surface area contributed by atoms with Crippen molar-refractivity contribution in [3.8, 4) is 0 Å². The van der Waals surface area contributed by atoms with E-state index in [1.807, 2.05) is 11.8 Å². The van der Waals surface area contributed by atoms with E-state index in [0.717, 1.165) is 13.0 Å². The molecule has 0 saturated carbocycles. The van der Waals surface area contributed by atoms with E-state index in [1.165, 1.54) is 0 Å². The van der Waals surface area contributed by atoms with E-state index >= 15 is 0 Å². The summed E-state index contributed by atoms with van der Waals surface area (Å²) in [5, 5.41) is 2.79. The quantitative estimate of drug-likeness (QED) is 0.620. The smallest absolute Gasteiger partial charge is 0.317 e. The lowest BCUT2D eigenvalue weighted by Gasteiger charge is -2.34. The van der Waals surface area contributed by atoms with E-state index in [0.29, 0.717) is 19.0 Å². The van der Waals surface area contributed by atoms with E-state index in [2.05, 4.69) is 12.2 Å². The molecule has 0 aromatic heterocycles. The molecule has 4 heteroatoms. The molecule has 0 bridgehead atoms. The third-order valence-corrected chi connectivity index (χ3v) is 2.31. The molecule has 0 aromatic carbocycles. The van der Waals surface area contributed by atoms with Crippen LogP contribution in [0.2, 0.25) is 0 Å². The molecule has 2 amide bonds. The zero-order valence-corrected chi connectivity index (χ0v) is 8.42. The second kappa shape index (κ2) is 4.46. The van der Waals surface area contributed by atoms with E-state index in [9.17, 15) is 4.79 Å². The maximum atomic E-state index is 11.4. The lowest BCUT2D eigenvalue weighted by molar-refractivity contribution is 0.161. The number of urea groups is 1. The van der Waals surface area contributed by atoms with Crippen molar-refractivity contribution in [3.63, 3.8) is 0 Å². The van der Waals surface area contributed by atoms with Crippen LogP contribution in [-0.4, -0.2) is 36.6 Å². The lowest BCUT2D eigenvalue weighted by atomic mass is 9.97. The van der Waals surface area contributed by atoms with Crippen LogP contribution in [0.5, 0.6) is 0 Å². The highest BCUT2D eigenvalue weighted by molar-refractivity contribution is 5.74. The third kappa shape index (κ3) is 2.88. The van der Waals surface area contributed by atoms with Crippen LogP contribution in [0.4, 0.5) is 4.79 Å². The van der Waals surface area contributed by atoms with Crippen molar-refractivity contribution in [2.45, 2.75) is 26.3 Å². The van der Waals surface area contributed by atoms with E-state index < -0.39 is 0 Å². The number of hydrogen-bond donors (Lipinski definition) is 2. The molecule has 1 aliphatic rings. The second-order valence-corrected chi connectivity index (χ2v) is 3.84. The first-order valence-electron chi connectivity index (χ1n) is 4.91. The van der Waals surface area contributed by atoms with Crippen molar-refractivity contribution in [2.75, 3.05) is 19.6 Å². The fourth-order valence-electron chi connectivity index (χ4n) is 1.83. The number of nitrogens with two attached hydrogens (primary N) is 1. The highest BCUT2D eigenvalue weighted by Gasteiger charge is 2.24. The van der Waals surface area contributed by atoms with Crippen LogP contribution in [0.15, 0.2) is 0 Å². The summed E-state index contributed by atoms with van der Waals surface area (Å²) < 4.78 is 0. The van der Waals surface area contributed by atoms with Gasteiger partial charge < -0.3 is 16.0 Å². The number of carbonyl (C=O) groups is 1. The highest BCUT2D eigenvalue weighted by atomic mass is 16.2. The van der Waals surface area contributed by atoms with Gasteiger partial charge in [-0.15, -0.1) is 0 Å². The Morgan fingerprint density at radius 1 is 1.62 bits per heavy atom. The second-order valence-electron chi connectivity index (χ2n) is 3.84. The van der Waals surface area contributed by atoms with Crippen molar-refractivity contribution in [2.24, 2.45) is 11.7 Å². The van der Waals surface area contributed by atoms with Crippen molar-refractivity contribution < 1.29 is 4.79 Å². The summed E-state index contributed by atoms with van der Waals surface area (Å²) in [7, 11) is 0. The van der Waals surface area contributed by atoms with Crippen molar-refractivity contribution in [1.29, 1.82) is 0 Å². The number of likely N-dealkylation sites (tertiary alicyclic amines) is 1. The summed E-state index contributed by atoms with van der Waals surface area (Å²) >= 11 is 0. The number of nitrogens with zero attached hydrogens (tertiary/aromatic N) is 1. The minimum atomic E-state index is 0.0181. The first kappa shape index (κ1) is 10.3. The number of amides is 2. The molecule has 76 valence electrons. The Kier molecular flexibility index (Phi) is 3.54. The minimum Gasteiger partial charge on any atom is -0.338 e. The van der Waals surface area contributed by atoms with Crippen LogP contribution < -0.4 is 11.1 Å². The standard InChI is InChI=1S/C9H19N3O/c1-3-11-9(13)12-5-7(2)4-8(10)6-12/h7-8H,3-6,10H2,1-2H3,(H,11,13). The highest BCUT2D eigenvalue weighted by Crippen LogP contribution is 2.14. The molecule has 0 aliphatic carbocycles. The Bertz CT molecular complexity index is 174. The Morgan fingerprint density at radius 3 is 2.85 bits per heavy atom. The molecule has 1 heterocycles. The fourth-order valence-corrected chi connectivity index (χ4v) is 1.83. The molecule has 1 rings (SSSR count). The summed E-state index contributed by atoms with van der Waals surface area (Å²) in [6.07, 6.45) is 1.02. The molecular weight excluding hydrogens is 166 g/mol. The average Bonchev–Trinajstić information content (AvgIpc) is 2.03. The average molecular weight is 185 g/mol. The largest absolute Gasteiger partial charge is 0.338 e. The third-order valence-electron chi connectivity index (χ3n) is 2.31. The number of hydrogen-bond acceptors (Lipinski definition) is 2. The maximum absolute atomic E-state index is 11.4. The van der Waals surface area contributed by atoms with Crippen LogP contribution in [0.25, 0.3) is 0 Å². The number of carbonyl (C=O) groups excluding carboxylic acids is 1. The van der Waals surface area contributed by atoms with Gasteiger partial charge in [-0.25, -0.2) is 4.79 Å². The van der Waals surface area contributed by atoms with Gasteiger partial charge in [0, 0.05) is 25.7 Å². The van der Waals surface area contributed by atoms with Crippen LogP contribution in [0.3, 0.4) is 0 Å².